The summed E-state index contributed by atoms with van der Waals surface area (Å²) in [5.41, 5.74) is 0.351. The Labute approximate surface area is 188 Å². The maximum atomic E-state index is 12.7. The van der Waals surface area contributed by atoms with Gasteiger partial charge in [0.25, 0.3) is 0 Å². The molecular weight excluding hydrogens is 427 g/mol. The zero-order chi connectivity index (χ0) is 22.1. The number of ether oxygens (including phenoxy) is 2. The Bertz CT molecular complexity index is 801. The first kappa shape index (κ1) is 23.0. The molecule has 1 unspecified atom stereocenters. The second-order valence-electron chi connectivity index (χ2n) is 8.95. The largest absolute Gasteiger partial charge is 0.496 e. The molecule has 0 radical (unpaired) electrons. The second-order valence-corrected chi connectivity index (χ2v) is 9.76. The van der Waals surface area contributed by atoms with Gasteiger partial charge in [-0.15, -0.1) is 0 Å². The summed E-state index contributed by atoms with van der Waals surface area (Å²) in [6.45, 7) is 7.47. The highest BCUT2D eigenvalue weighted by molar-refractivity contribution is 6.42. The van der Waals surface area contributed by atoms with Crippen LogP contribution in [0, 0.1) is 5.92 Å². The topological polar surface area (TPSA) is 59.1 Å². The summed E-state index contributed by atoms with van der Waals surface area (Å²) in [4.78, 5) is 28.8. The number of nitrogens with zero attached hydrogens (tertiary/aromatic N) is 2. The molecule has 0 saturated carbocycles. The summed E-state index contributed by atoms with van der Waals surface area (Å²) >= 11 is 12.5. The third-order valence-electron chi connectivity index (χ3n) is 5.67. The summed E-state index contributed by atoms with van der Waals surface area (Å²) in [6, 6.07) is 3.37. The van der Waals surface area contributed by atoms with Crippen LogP contribution in [-0.2, 0) is 9.53 Å². The fourth-order valence-electron chi connectivity index (χ4n) is 4.32. The van der Waals surface area contributed by atoms with E-state index in [9.17, 15) is 9.59 Å². The van der Waals surface area contributed by atoms with Crippen molar-refractivity contribution in [1.82, 2.24) is 9.80 Å². The van der Waals surface area contributed by atoms with E-state index in [1.807, 2.05) is 31.7 Å². The zero-order valence-electron chi connectivity index (χ0n) is 18.0. The number of piperidine rings is 1. The Kier molecular flexibility index (Phi) is 7.08. The maximum absolute atomic E-state index is 12.7. The lowest BCUT2D eigenvalue weighted by Gasteiger charge is -2.40. The summed E-state index contributed by atoms with van der Waals surface area (Å²) in [6.07, 6.45) is 2.63. The van der Waals surface area contributed by atoms with Gasteiger partial charge in [0.1, 0.15) is 11.4 Å². The van der Waals surface area contributed by atoms with Gasteiger partial charge in [0.2, 0.25) is 5.91 Å². The third kappa shape index (κ3) is 5.14. The molecule has 0 aromatic heterocycles. The zero-order valence-corrected chi connectivity index (χ0v) is 19.6. The van der Waals surface area contributed by atoms with Gasteiger partial charge in [-0.2, -0.15) is 0 Å². The minimum absolute atomic E-state index is 0.141. The van der Waals surface area contributed by atoms with Crippen LogP contribution in [0.1, 0.15) is 58.1 Å². The van der Waals surface area contributed by atoms with Gasteiger partial charge in [0.15, 0.2) is 0 Å². The van der Waals surface area contributed by atoms with Crippen LogP contribution in [0.2, 0.25) is 10.0 Å². The molecule has 0 N–H and O–H groups in total. The number of hydrogen-bond acceptors (Lipinski definition) is 4. The molecule has 6 nitrogen and oxygen atoms in total. The van der Waals surface area contributed by atoms with Crippen LogP contribution in [0.25, 0.3) is 0 Å². The van der Waals surface area contributed by atoms with Crippen molar-refractivity contribution in [1.29, 1.82) is 0 Å². The molecule has 30 heavy (non-hydrogen) atoms. The lowest BCUT2D eigenvalue weighted by molar-refractivity contribution is -0.131. The minimum atomic E-state index is -0.522. The number of halogens is 2. The van der Waals surface area contributed by atoms with E-state index < -0.39 is 5.60 Å². The monoisotopic (exact) mass is 456 g/mol. The Balaban J connectivity index is 1.85. The van der Waals surface area contributed by atoms with Crippen LogP contribution >= 0.6 is 23.2 Å². The molecule has 2 amide bonds. The fourth-order valence-corrected chi connectivity index (χ4v) is 4.64. The van der Waals surface area contributed by atoms with E-state index in [-0.39, 0.29) is 24.0 Å². The van der Waals surface area contributed by atoms with Crippen molar-refractivity contribution in [2.45, 2.75) is 58.1 Å². The van der Waals surface area contributed by atoms with Gasteiger partial charge >= 0.3 is 6.09 Å². The van der Waals surface area contributed by atoms with E-state index >= 15 is 0 Å². The normalized spacial score (nSPS) is 19.2. The van der Waals surface area contributed by atoms with Crippen LogP contribution < -0.4 is 4.74 Å². The minimum Gasteiger partial charge on any atom is -0.496 e. The smallest absolute Gasteiger partial charge is 0.410 e. The quantitative estimate of drug-likeness (QED) is 0.615. The first-order chi connectivity index (χ1) is 14.1. The Morgan fingerprint density at radius 3 is 2.30 bits per heavy atom. The predicted molar refractivity (Wildman–Crippen MR) is 117 cm³/mol. The van der Waals surface area contributed by atoms with E-state index in [0.29, 0.717) is 41.8 Å². The lowest BCUT2D eigenvalue weighted by Crippen LogP contribution is -2.45. The van der Waals surface area contributed by atoms with Crippen LogP contribution in [-0.4, -0.2) is 54.1 Å². The molecule has 2 saturated heterocycles. The highest BCUT2D eigenvalue weighted by Gasteiger charge is 2.39. The number of hydrogen-bond donors (Lipinski definition) is 0. The molecule has 1 aromatic rings. The van der Waals surface area contributed by atoms with Crippen LogP contribution in [0.15, 0.2) is 12.1 Å². The molecule has 2 fully saturated rings. The van der Waals surface area contributed by atoms with Crippen molar-refractivity contribution >= 4 is 35.2 Å². The standard InChI is InChI=1S/C22H30Cl2N2O4/c1-22(2,3)30-21(28)25-10-7-14(8-11-25)20(26-9-5-6-19(26)27)15-12-16(23)17(24)13-18(15)29-4/h12-14,20H,5-11H2,1-4H3. The number of likely N-dealkylation sites (tertiary alicyclic amines) is 2. The van der Waals surface area contributed by atoms with Gasteiger partial charge in [-0.3, -0.25) is 4.79 Å². The van der Waals surface area contributed by atoms with E-state index in [1.54, 1.807) is 18.1 Å². The number of carbonyl (C=O) groups excluding carboxylic acids is 2. The molecule has 0 spiro atoms. The Morgan fingerprint density at radius 2 is 1.77 bits per heavy atom. The number of methoxy groups -OCH3 is 1. The fraction of sp³-hybridized carbons (Fsp3) is 0.636. The van der Waals surface area contributed by atoms with Gasteiger partial charge < -0.3 is 19.3 Å². The van der Waals surface area contributed by atoms with Crippen molar-refractivity contribution in [3.8, 4) is 5.75 Å². The molecule has 166 valence electrons. The summed E-state index contributed by atoms with van der Waals surface area (Å²) in [5.74, 6) is 0.947. The maximum Gasteiger partial charge on any atom is 0.410 e. The Hall–Kier alpha value is -1.66. The van der Waals surface area contributed by atoms with Crippen molar-refractivity contribution < 1.29 is 19.1 Å². The van der Waals surface area contributed by atoms with Crippen molar-refractivity contribution in [2.24, 2.45) is 5.92 Å². The van der Waals surface area contributed by atoms with Crippen molar-refractivity contribution in [2.75, 3.05) is 26.7 Å². The molecule has 0 bridgehead atoms. The van der Waals surface area contributed by atoms with Gasteiger partial charge in [0.05, 0.1) is 23.2 Å². The average molecular weight is 457 g/mol. The number of benzene rings is 1. The number of amides is 2. The third-order valence-corrected chi connectivity index (χ3v) is 6.40. The Morgan fingerprint density at radius 1 is 1.13 bits per heavy atom. The molecule has 2 heterocycles. The van der Waals surface area contributed by atoms with Crippen LogP contribution in [0.5, 0.6) is 5.75 Å². The van der Waals surface area contributed by atoms with E-state index in [1.165, 1.54) is 0 Å². The van der Waals surface area contributed by atoms with E-state index in [4.69, 9.17) is 32.7 Å². The average Bonchev–Trinajstić information content (AvgIpc) is 3.09. The van der Waals surface area contributed by atoms with Gasteiger partial charge in [-0.1, -0.05) is 23.2 Å². The van der Waals surface area contributed by atoms with Crippen LogP contribution in [0.4, 0.5) is 4.79 Å². The van der Waals surface area contributed by atoms with Crippen LogP contribution in [0.3, 0.4) is 0 Å². The first-order valence-electron chi connectivity index (χ1n) is 10.4. The summed E-state index contributed by atoms with van der Waals surface area (Å²) in [5, 5.41) is 0.860. The second kappa shape index (κ2) is 9.23. The predicted octanol–water partition coefficient (Wildman–Crippen LogP) is 5.31. The molecule has 1 aromatic carbocycles. The van der Waals surface area contributed by atoms with Crippen molar-refractivity contribution in [3.63, 3.8) is 0 Å². The molecule has 2 aliphatic heterocycles. The molecular formula is C22H30Cl2N2O4. The van der Waals surface area contributed by atoms with Crippen molar-refractivity contribution in [3.05, 3.63) is 27.7 Å². The highest BCUT2D eigenvalue weighted by Crippen LogP contribution is 2.44. The summed E-state index contributed by atoms with van der Waals surface area (Å²) < 4.78 is 11.1. The molecule has 3 rings (SSSR count). The molecule has 8 heteroatoms. The molecule has 2 aliphatic rings. The summed E-state index contributed by atoms with van der Waals surface area (Å²) in [7, 11) is 1.59. The van der Waals surface area contributed by atoms with E-state index in [2.05, 4.69) is 0 Å². The number of carbonyl (C=O) groups is 2. The van der Waals surface area contributed by atoms with Gasteiger partial charge in [-0.25, -0.2) is 4.79 Å². The molecule has 1 atom stereocenters. The highest BCUT2D eigenvalue weighted by atomic mass is 35.5. The number of rotatable bonds is 4. The first-order valence-corrected chi connectivity index (χ1v) is 11.2. The van der Waals surface area contributed by atoms with Gasteiger partial charge in [-0.05, 0) is 52.0 Å². The molecule has 0 aliphatic carbocycles. The van der Waals surface area contributed by atoms with Gasteiger partial charge in [0, 0.05) is 37.7 Å². The lowest BCUT2D eigenvalue weighted by atomic mass is 9.84. The van der Waals surface area contributed by atoms with E-state index in [0.717, 1.165) is 24.8 Å². The SMILES string of the molecule is COc1cc(Cl)c(Cl)cc1C(C1CCN(C(=O)OC(C)(C)C)CC1)N1CCCC1=O.